The van der Waals surface area contributed by atoms with Gasteiger partial charge in [0.1, 0.15) is 0 Å². The SMILES string of the molecule is COCCONC1CCCc2c1cnn2C. The van der Waals surface area contributed by atoms with Crippen molar-refractivity contribution in [1.29, 1.82) is 0 Å². The third kappa shape index (κ3) is 2.42. The van der Waals surface area contributed by atoms with Gasteiger partial charge in [0, 0.05) is 25.4 Å². The second-order valence-electron chi connectivity index (χ2n) is 4.07. The molecule has 1 aliphatic carbocycles. The average Bonchev–Trinajstić information content (AvgIpc) is 2.68. The molecular weight excluding hydrogens is 206 g/mol. The fourth-order valence-electron chi connectivity index (χ4n) is 2.11. The van der Waals surface area contributed by atoms with Crippen LogP contribution in [0.25, 0.3) is 0 Å². The number of nitrogens with zero attached hydrogens (tertiary/aromatic N) is 2. The number of aryl methyl sites for hydroxylation is 1. The van der Waals surface area contributed by atoms with E-state index < -0.39 is 0 Å². The van der Waals surface area contributed by atoms with Gasteiger partial charge in [-0.25, -0.2) is 0 Å². The lowest BCUT2D eigenvalue weighted by Crippen LogP contribution is -2.26. The minimum absolute atomic E-state index is 0.273. The molecule has 5 heteroatoms. The first-order valence-electron chi connectivity index (χ1n) is 5.70. The van der Waals surface area contributed by atoms with E-state index in [-0.39, 0.29) is 6.04 Å². The Morgan fingerprint density at radius 2 is 2.44 bits per heavy atom. The highest BCUT2D eigenvalue weighted by Crippen LogP contribution is 2.28. The lowest BCUT2D eigenvalue weighted by molar-refractivity contribution is -0.0154. The molecule has 1 atom stereocenters. The molecule has 0 saturated carbocycles. The largest absolute Gasteiger partial charge is 0.382 e. The molecule has 1 aliphatic rings. The Morgan fingerprint density at radius 1 is 1.56 bits per heavy atom. The number of nitrogens with one attached hydrogen (secondary N) is 1. The van der Waals surface area contributed by atoms with Gasteiger partial charge in [0.15, 0.2) is 0 Å². The van der Waals surface area contributed by atoms with Crippen LogP contribution in [0.4, 0.5) is 0 Å². The van der Waals surface area contributed by atoms with Crippen LogP contribution in [0.2, 0.25) is 0 Å². The van der Waals surface area contributed by atoms with Gasteiger partial charge in [-0.2, -0.15) is 10.6 Å². The van der Waals surface area contributed by atoms with E-state index in [9.17, 15) is 0 Å². The van der Waals surface area contributed by atoms with E-state index in [1.807, 2.05) is 17.9 Å². The maximum Gasteiger partial charge on any atom is 0.0916 e. The maximum absolute atomic E-state index is 5.37. The molecule has 0 aromatic carbocycles. The summed E-state index contributed by atoms with van der Waals surface area (Å²) in [5, 5.41) is 4.29. The molecule has 1 unspecified atom stereocenters. The highest BCUT2D eigenvalue weighted by atomic mass is 16.7. The van der Waals surface area contributed by atoms with E-state index in [2.05, 4.69) is 10.6 Å². The van der Waals surface area contributed by atoms with Gasteiger partial charge >= 0.3 is 0 Å². The Labute approximate surface area is 95.7 Å². The average molecular weight is 225 g/mol. The highest BCUT2D eigenvalue weighted by molar-refractivity contribution is 5.24. The highest BCUT2D eigenvalue weighted by Gasteiger charge is 2.23. The van der Waals surface area contributed by atoms with Crippen molar-refractivity contribution < 1.29 is 9.57 Å². The third-order valence-electron chi connectivity index (χ3n) is 2.99. The number of hydroxylamine groups is 1. The fraction of sp³-hybridized carbons (Fsp3) is 0.727. The molecule has 0 aliphatic heterocycles. The van der Waals surface area contributed by atoms with E-state index >= 15 is 0 Å². The van der Waals surface area contributed by atoms with Crippen molar-refractivity contribution >= 4 is 0 Å². The van der Waals surface area contributed by atoms with Crippen molar-refractivity contribution in [3.63, 3.8) is 0 Å². The van der Waals surface area contributed by atoms with Crippen LogP contribution in [0.3, 0.4) is 0 Å². The zero-order valence-electron chi connectivity index (χ0n) is 9.90. The molecule has 2 rings (SSSR count). The Hall–Kier alpha value is -0.910. The molecule has 0 bridgehead atoms. The van der Waals surface area contributed by atoms with Gasteiger partial charge in [-0.3, -0.25) is 9.52 Å². The maximum atomic E-state index is 5.37. The molecule has 90 valence electrons. The van der Waals surface area contributed by atoms with Gasteiger partial charge in [-0.15, -0.1) is 0 Å². The van der Waals surface area contributed by atoms with Crippen molar-refractivity contribution in [2.75, 3.05) is 20.3 Å². The molecule has 1 aromatic rings. The van der Waals surface area contributed by atoms with Crippen LogP contribution in [-0.2, 0) is 23.0 Å². The van der Waals surface area contributed by atoms with Crippen LogP contribution in [-0.4, -0.2) is 30.1 Å². The molecule has 1 heterocycles. The van der Waals surface area contributed by atoms with Crippen molar-refractivity contribution in [2.45, 2.75) is 25.3 Å². The summed E-state index contributed by atoms with van der Waals surface area (Å²) in [6.07, 6.45) is 5.33. The molecule has 16 heavy (non-hydrogen) atoms. The first kappa shape index (κ1) is 11.6. The van der Waals surface area contributed by atoms with Crippen molar-refractivity contribution in [1.82, 2.24) is 15.3 Å². The summed E-state index contributed by atoms with van der Waals surface area (Å²) < 4.78 is 6.88. The van der Waals surface area contributed by atoms with Gasteiger partial charge < -0.3 is 4.74 Å². The Bertz CT molecular complexity index is 338. The van der Waals surface area contributed by atoms with Crippen molar-refractivity contribution in [2.24, 2.45) is 7.05 Å². The number of hydrogen-bond acceptors (Lipinski definition) is 4. The first-order chi connectivity index (χ1) is 7.83. The summed E-state index contributed by atoms with van der Waals surface area (Å²) in [6.45, 7) is 1.18. The summed E-state index contributed by atoms with van der Waals surface area (Å²) in [5.74, 6) is 0. The number of methoxy groups -OCH3 is 1. The molecular formula is C11H19N3O2. The van der Waals surface area contributed by atoms with E-state index in [0.717, 1.165) is 12.8 Å². The second kappa shape index (κ2) is 5.43. The van der Waals surface area contributed by atoms with Crippen LogP contribution in [0.1, 0.15) is 30.1 Å². The summed E-state index contributed by atoms with van der Waals surface area (Å²) in [4.78, 5) is 5.37. The molecule has 0 fully saturated rings. The van der Waals surface area contributed by atoms with Gasteiger partial charge in [-0.05, 0) is 19.3 Å². The van der Waals surface area contributed by atoms with E-state index in [1.165, 1.54) is 17.7 Å². The predicted molar refractivity (Wildman–Crippen MR) is 59.9 cm³/mol. The number of ether oxygens (including phenoxy) is 1. The summed E-state index contributed by atoms with van der Waals surface area (Å²) in [6, 6.07) is 0.273. The Morgan fingerprint density at radius 3 is 3.25 bits per heavy atom. The molecule has 0 saturated heterocycles. The molecule has 1 N–H and O–H groups in total. The number of fused-ring (bicyclic) bond motifs is 1. The van der Waals surface area contributed by atoms with Crippen LogP contribution in [0.5, 0.6) is 0 Å². The summed E-state index contributed by atoms with van der Waals surface area (Å²) in [5.41, 5.74) is 5.68. The number of aromatic nitrogens is 2. The van der Waals surface area contributed by atoms with Crippen LogP contribution in [0, 0.1) is 0 Å². The normalized spacial score (nSPS) is 19.8. The number of rotatable bonds is 5. The molecule has 5 nitrogen and oxygen atoms in total. The van der Waals surface area contributed by atoms with E-state index in [1.54, 1.807) is 7.11 Å². The fourth-order valence-corrected chi connectivity index (χ4v) is 2.11. The molecule has 0 radical (unpaired) electrons. The topological polar surface area (TPSA) is 48.3 Å². The number of hydrogen-bond donors (Lipinski definition) is 1. The van der Waals surface area contributed by atoms with Gasteiger partial charge in [0.2, 0.25) is 0 Å². The molecule has 0 amide bonds. The molecule has 1 aromatic heterocycles. The van der Waals surface area contributed by atoms with E-state index in [0.29, 0.717) is 13.2 Å². The minimum atomic E-state index is 0.273. The zero-order valence-corrected chi connectivity index (χ0v) is 9.90. The first-order valence-corrected chi connectivity index (χ1v) is 5.70. The monoisotopic (exact) mass is 225 g/mol. The smallest absolute Gasteiger partial charge is 0.0916 e. The minimum Gasteiger partial charge on any atom is -0.382 e. The predicted octanol–water partition coefficient (Wildman–Crippen LogP) is 0.965. The summed E-state index contributed by atoms with van der Waals surface area (Å²) in [7, 11) is 3.66. The van der Waals surface area contributed by atoms with Gasteiger partial charge in [0.05, 0.1) is 25.5 Å². The summed E-state index contributed by atoms with van der Waals surface area (Å²) >= 11 is 0. The van der Waals surface area contributed by atoms with E-state index in [4.69, 9.17) is 9.57 Å². The molecule has 0 spiro atoms. The van der Waals surface area contributed by atoms with Gasteiger partial charge in [-0.1, -0.05) is 0 Å². The standard InChI is InChI=1S/C11H19N3O2/c1-14-11-5-3-4-10(9(11)8-12-14)13-16-7-6-15-2/h8,10,13H,3-7H2,1-2H3. The third-order valence-corrected chi connectivity index (χ3v) is 2.99. The lowest BCUT2D eigenvalue weighted by Gasteiger charge is -2.23. The lowest BCUT2D eigenvalue weighted by atomic mass is 9.94. The van der Waals surface area contributed by atoms with Crippen LogP contribution >= 0.6 is 0 Å². The van der Waals surface area contributed by atoms with Crippen LogP contribution in [0.15, 0.2) is 6.20 Å². The van der Waals surface area contributed by atoms with Crippen molar-refractivity contribution in [3.8, 4) is 0 Å². The van der Waals surface area contributed by atoms with Crippen molar-refractivity contribution in [3.05, 3.63) is 17.5 Å². The van der Waals surface area contributed by atoms with Crippen LogP contribution < -0.4 is 5.48 Å². The second-order valence-corrected chi connectivity index (χ2v) is 4.07. The Balaban J connectivity index is 1.91. The quantitative estimate of drug-likeness (QED) is 0.599. The van der Waals surface area contributed by atoms with Gasteiger partial charge in [0.25, 0.3) is 0 Å². The Kier molecular flexibility index (Phi) is 3.93. The zero-order chi connectivity index (χ0) is 11.4.